The number of rotatable bonds is 3. The van der Waals surface area contributed by atoms with Gasteiger partial charge in [-0.2, -0.15) is 4.57 Å². The van der Waals surface area contributed by atoms with Crippen molar-refractivity contribution in [2.45, 2.75) is 40.2 Å². The molecular weight excluding hydrogens is 230 g/mol. The molecule has 0 amide bonds. The predicted molar refractivity (Wildman–Crippen MR) is 81.0 cm³/mol. The van der Waals surface area contributed by atoms with Gasteiger partial charge in [-0.05, 0) is 24.6 Å². The Balaban J connectivity index is 2.64. The lowest BCUT2D eigenvalue weighted by Crippen LogP contribution is -2.56. The van der Waals surface area contributed by atoms with Crippen molar-refractivity contribution in [3.05, 3.63) is 54.2 Å². The molecule has 0 fully saturated rings. The third-order valence-corrected chi connectivity index (χ3v) is 4.31. The lowest BCUT2D eigenvalue weighted by Gasteiger charge is -2.25. The first kappa shape index (κ1) is 13.8. The van der Waals surface area contributed by atoms with Gasteiger partial charge >= 0.3 is 0 Å². The van der Waals surface area contributed by atoms with E-state index in [1.54, 1.807) is 0 Å². The summed E-state index contributed by atoms with van der Waals surface area (Å²) >= 11 is 0. The van der Waals surface area contributed by atoms with Crippen LogP contribution in [0.5, 0.6) is 0 Å². The molecule has 0 radical (unpaired) electrons. The first-order chi connectivity index (χ1) is 8.94. The van der Waals surface area contributed by atoms with Gasteiger partial charge < -0.3 is 0 Å². The molecule has 2 aromatic rings. The predicted octanol–water partition coefficient (Wildman–Crippen LogP) is 4.34. The van der Waals surface area contributed by atoms with E-state index in [1.807, 2.05) is 0 Å². The van der Waals surface area contributed by atoms with Crippen LogP contribution in [0.25, 0.3) is 11.3 Å². The van der Waals surface area contributed by atoms with Gasteiger partial charge in [0.15, 0.2) is 11.7 Å². The van der Waals surface area contributed by atoms with Crippen molar-refractivity contribution in [1.29, 1.82) is 0 Å². The van der Waals surface area contributed by atoms with Crippen molar-refractivity contribution in [2.24, 2.45) is 5.92 Å². The summed E-state index contributed by atoms with van der Waals surface area (Å²) in [6.07, 6.45) is 2.20. The third kappa shape index (κ3) is 2.56. The highest BCUT2D eigenvalue weighted by Crippen LogP contribution is 2.25. The lowest BCUT2D eigenvalue weighted by molar-refractivity contribution is -0.755. The highest BCUT2D eigenvalue weighted by Gasteiger charge is 2.35. The summed E-state index contributed by atoms with van der Waals surface area (Å²) < 4.78 is 2.40. The van der Waals surface area contributed by atoms with E-state index in [9.17, 15) is 0 Å². The van der Waals surface area contributed by atoms with E-state index in [0.717, 1.165) is 0 Å². The molecule has 0 aliphatic rings. The molecule has 100 valence electrons. The van der Waals surface area contributed by atoms with E-state index in [2.05, 4.69) is 87.8 Å². The molecule has 0 saturated carbocycles. The molecule has 0 aliphatic heterocycles. The van der Waals surface area contributed by atoms with E-state index in [-0.39, 0.29) is 5.54 Å². The van der Waals surface area contributed by atoms with Gasteiger partial charge in [0.25, 0.3) is 0 Å². The highest BCUT2D eigenvalue weighted by atomic mass is 15.0. The summed E-state index contributed by atoms with van der Waals surface area (Å²) in [5.41, 5.74) is 4.02. The van der Waals surface area contributed by atoms with Crippen LogP contribution in [0.15, 0.2) is 48.7 Å². The molecule has 0 N–H and O–H groups in total. The zero-order valence-electron chi connectivity index (χ0n) is 12.6. The second-order valence-corrected chi connectivity index (χ2v) is 6.08. The van der Waals surface area contributed by atoms with Crippen LogP contribution in [0.3, 0.4) is 0 Å². The van der Waals surface area contributed by atoms with Crippen LogP contribution in [0.1, 0.15) is 33.3 Å². The second-order valence-electron chi connectivity index (χ2n) is 6.08. The monoisotopic (exact) mass is 254 g/mol. The number of hydrogen-bond acceptors (Lipinski definition) is 0. The summed E-state index contributed by atoms with van der Waals surface area (Å²) in [5.74, 6) is 0.572. The van der Waals surface area contributed by atoms with E-state index < -0.39 is 0 Å². The number of pyridine rings is 1. The van der Waals surface area contributed by atoms with Crippen molar-refractivity contribution in [2.75, 3.05) is 0 Å². The fourth-order valence-electron chi connectivity index (χ4n) is 2.30. The molecule has 1 nitrogen and oxygen atoms in total. The average Bonchev–Trinajstić information content (AvgIpc) is 2.39. The summed E-state index contributed by atoms with van der Waals surface area (Å²) in [4.78, 5) is 0. The minimum absolute atomic E-state index is 0.0961. The SMILES string of the molecule is Cc1ccccc1-c1cccc[n+]1C(C)(C)C(C)C. The molecule has 0 bridgehead atoms. The molecule has 1 aromatic carbocycles. The number of benzene rings is 1. The van der Waals surface area contributed by atoms with Gasteiger partial charge in [-0.15, -0.1) is 0 Å². The zero-order valence-corrected chi connectivity index (χ0v) is 12.6. The molecule has 2 rings (SSSR count). The third-order valence-electron chi connectivity index (χ3n) is 4.31. The van der Waals surface area contributed by atoms with Crippen molar-refractivity contribution in [3.8, 4) is 11.3 Å². The highest BCUT2D eigenvalue weighted by molar-refractivity contribution is 5.60. The Morgan fingerprint density at radius 1 is 0.947 bits per heavy atom. The largest absolute Gasteiger partial charge is 0.213 e. The molecule has 0 atom stereocenters. The molecule has 1 aromatic heterocycles. The number of hydrogen-bond donors (Lipinski definition) is 0. The van der Waals surface area contributed by atoms with Crippen LogP contribution >= 0.6 is 0 Å². The topological polar surface area (TPSA) is 3.88 Å². The fourth-order valence-corrected chi connectivity index (χ4v) is 2.30. The number of nitrogens with zero attached hydrogens (tertiary/aromatic N) is 1. The van der Waals surface area contributed by atoms with Crippen molar-refractivity contribution in [3.63, 3.8) is 0 Å². The molecule has 0 spiro atoms. The molecule has 19 heavy (non-hydrogen) atoms. The summed E-state index contributed by atoms with van der Waals surface area (Å²) in [6.45, 7) is 11.3. The first-order valence-corrected chi connectivity index (χ1v) is 7.01. The van der Waals surface area contributed by atoms with Gasteiger partial charge in [0.05, 0.1) is 0 Å². The van der Waals surface area contributed by atoms with Crippen LogP contribution in [-0.4, -0.2) is 0 Å². The van der Waals surface area contributed by atoms with Gasteiger partial charge in [-0.25, -0.2) is 0 Å². The Bertz CT molecular complexity index is 567. The normalized spacial score (nSPS) is 11.9. The maximum atomic E-state index is 2.40. The molecular formula is C18H24N+. The van der Waals surface area contributed by atoms with E-state index >= 15 is 0 Å². The fraction of sp³-hybridized carbons (Fsp3) is 0.389. The van der Waals surface area contributed by atoms with Crippen LogP contribution in [0.4, 0.5) is 0 Å². The quantitative estimate of drug-likeness (QED) is 0.717. The zero-order chi connectivity index (χ0) is 14.0. The first-order valence-electron chi connectivity index (χ1n) is 7.01. The van der Waals surface area contributed by atoms with Crippen molar-refractivity contribution >= 4 is 0 Å². The van der Waals surface area contributed by atoms with Crippen LogP contribution in [-0.2, 0) is 5.54 Å². The maximum Gasteiger partial charge on any atom is 0.213 e. The summed E-state index contributed by atoms with van der Waals surface area (Å²) in [5, 5.41) is 0. The standard InChI is InChI=1S/C18H24N/c1-14(2)18(4,5)19-13-9-8-12-17(19)16-11-7-6-10-15(16)3/h6-14H,1-5H3/q+1. The Labute approximate surface area is 116 Å². The van der Waals surface area contributed by atoms with Gasteiger partial charge in [-0.1, -0.05) is 32.0 Å². The van der Waals surface area contributed by atoms with Crippen LogP contribution in [0.2, 0.25) is 0 Å². The second kappa shape index (κ2) is 5.16. The Hall–Kier alpha value is -1.63. The molecule has 1 heteroatoms. The van der Waals surface area contributed by atoms with Crippen molar-refractivity contribution in [1.82, 2.24) is 0 Å². The minimum atomic E-state index is 0.0961. The number of aromatic nitrogens is 1. The lowest BCUT2D eigenvalue weighted by atomic mass is 9.89. The van der Waals surface area contributed by atoms with Gasteiger partial charge in [-0.3, -0.25) is 0 Å². The molecule has 1 heterocycles. The molecule has 0 unspecified atom stereocenters. The van der Waals surface area contributed by atoms with Gasteiger partial charge in [0.2, 0.25) is 5.69 Å². The van der Waals surface area contributed by atoms with Crippen LogP contribution < -0.4 is 4.57 Å². The Morgan fingerprint density at radius 2 is 1.58 bits per heavy atom. The smallest absolute Gasteiger partial charge is 0.193 e. The van der Waals surface area contributed by atoms with E-state index in [1.165, 1.54) is 16.8 Å². The van der Waals surface area contributed by atoms with Crippen molar-refractivity contribution < 1.29 is 4.57 Å². The molecule has 0 aliphatic carbocycles. The average molecular weight is 254 g/mol. The Morgan fingerprint density at radius 3 is 2.21 bits per heavy atom. The molecule has 0 saturated heterocycles. The van der Waals surface area contributed by atoms with Gasteiger partial charge in [0, 0.05) is 37.5 Å². The summed E-state index contributed by atoms with van der Waals surface area (Å²) in [6, 6.07) is 15.0. The Kier molecular flexibility index (Phi) is 3.75. The van der Waals surface area contributed by atoms with Crippen LogP contribution in [0, 0.1) is 12.8 Å². The van der Waals surface area contributed by atoms with Gasteiger partial charge in [0.1, 0.15) is 0 Å². The van der Waals surface area contributed by atoms with E-state index in [4.69, 9.17) is 0 Å². The van der Waals surface area contributed by atoms with E-state index in [0.29, 0.717) is 5.92 Å². The summed E-state index contributed by atoms with van der Waals surface area (Å²) in [7, 11) is 0. The minimum Gasteiger partial charge on any atom is -0.193 e. The maximum absolute atomic E-state index is 2.40. The number of aryl methyl sites for hydroxylation is 1.